The fourth-order valence-electron chi connectivity index (χ4n) is 1.87. The van der Waals surface area contributed by atoms with Gasteiger partial charge in [0.15, 0.2) is 0 Å². The fourth-order valence-corrected chi connectivity index (χ4v) is 2.11. The van der Waals surface area contributed by atoms with Gasteiger partial charge in [0.2, 0.25) is 0 Å². The van der Waals surface area contributed by atoms with Crippen molar-refractivity contribution in [1.82, 2.24) is 0 Å². The van der Waals surface area contributed by atoms with E-state index in [1.54, 1.807) is 0 Å². The van der Waals surface area contributed by atoms with E-state index >= 15 is 0 Å². The first-order valence-electron chi connectivity index (χ1n) is 6.22. The molecule has 1 aromatic carbocycles. The van der Waals surface area contributed by atoms with Crippen LogP contribution in [-0.4, -0.2) is 6.61 Å². The molecule has 1 rings (SSSR count). The molecule has 0 saturated heterocycles. The van der Waals surface area contributed by atoms with Crippen molar-refractivity contribution in [3.8, 4) is 5.75 Å². The van der Waals surface area contributed by atoms with E-state index in [2.05, 4.69) is 20.8 Å². The van der Waals surface area contributed by atoms with Crippen LogP contribution in [0.25, 0.3) is 0 Å². The zero-order valence-electron chi connectivity index (χ0n) is 11.1. The molecule has 0 amide bonds. The molecule has 0 spiro atoms. The second-order valence-electron chi connectivity index (χ2n) is 4.52. The summed E-state index contributed by atoms with van der Waals surface area (Å²) >= 11 is 6.16. The van der Waals surface area contributed by atoms with Crippen LogP contribution < -0.4 is 10.5 Å². The third kappa shape index (κ3) is 3.36. The zero-order valence-corrected chi connectivity index (χ0v) is 11.8. The van der Waals surface area contributed by atoms with Gasteiger partial charge >= 0.3 is 0 Å². The maximum atomic E-state index is 6.16. The topological polar surface area (TPSA) is 35.2 Å². The number of hydrogen-bond donors (Lipinski definition) is 1. The Hall–Kier alpha value is -0.730. The molecule has 1 unspecified atom stereocenters. The highest BCUT2D eigenvalue weighted by molar-refractivity contribution is 6.30. The number of hydrogen-bond acceptors (Lipinski definition) is 2. The van der Waals surface area contributed by atoms with E-state index in [-0.39, 0.29) is 6.04 Å². The molecule has 0 aliphatic heterocycles. The molecule has 0 aliphatic rings. The number of ether oxygens (including phenoxy) is 1. The highest BCUT2D eigenvalue weighted by atomic mass is 35.5. The molecule has 0 aromatic heterocycles. The maximum absolute atomic E-state index is 6.16. The van der Waals surface area contributed by atoms with Crippen molar-refractivity contribution in [2.45, 2.75) is 46.1 Å². The summed E-state index contributed by atoms with van der Waals surface area (Å²) in [5, 5.41) is 0.732. The van der Waals surface area contributed by atoms with Crippen LogP contribution in [0.15, 0.2) is 12.1 Å². The monoisotopic (exact) mass is 255 g/mol. The molecule has 2 nitrogen and oxygen atoms in total. The first-order valence-corrected chi connectivity index (χ1v) is 6.60. The Morgan fingerprint density at radius 3 is 2.29 bits per heavy atom. The molecule has 96 valence electrons. The van der Waals surface area contributed by atoms with Crippen LogP contribution in [0.1, 0.15) is 57.2 Å². The summed E-state index contributed by atoms with van der Waals surface area (Å²) in [6.45, 7) is 8.96. The fraction of sp³-hybridized carbons (Fsp3) is 0.571. The van der Waals surface area contributed by atoms with Gasteiger partial charge in [-0.1, -0.05) is 32.4 Å². The summed E-state index contributed by atoms with van der Waals surface area (Å²) in [6.07, 6.45) is 0.873. The highest BCUT2D eigenvalue weighted by Gasteiger charge is 2.17. The predicted molar refractivity (Wildman–Crippen MR) is 73.9 cm³/mol. The van der Waals surface area contributed by atoms with Gasteiger partial charge in [-0.15, -0.1) is 0 Å². The van der Waals surface area contributed by atoms with Gasteiger partial charge in [-0.05, 0) is 37.0 Å². The smallest absolute Gasteiger partial charge is 0.127 e. The van der Waals surface area contributed by atoms with Gasteiger partial charge in [-0.25, -0.2) is 0 Å². The molecule has 2 N–H and O–H groups in total. The lowest BCUT2D eigenvalue weighted by Gasteiger charge is -2.21. The van der Waals surface area contributed by atoms with Gasteiger partial charge in [0.1, 0.15) is 5.75 Å². The molecule has 1 aromatic rings. The van der Waals surface area contributed by atoms with Gasteiger partial charge in [0, 0.05) is 16.6 Å². The standard InChI is InChI=1S/C14H22ClNO/c1-5-13(16)12-8-10(15)7-11(9(3)4)14(12)17-6-2/h7-9,13H,5-6,16H2,1-4H3. The largest absolute Gasteiger partial charge is 0.493 e. The lowest BCUT2D eigenvalue weighted by atomic mass is 9.95. The predicted octanol–water partition coefficient (Wildman–Crippen LogP) is 4.27. The van der Waals surface area contributed by atoms with Crippen molar-refractivity contribution in [1.29, 1.82) is 0 Å². The highest BCUT2D eigenvalue weighted by Crippen LogP contribution is 2.36. The third-order valence-electron chi connectivity index (χ3n) is 2.86. The quantitative estimate of drug-likeness (QED) is 0.853. The van der Waals surface area contributed by atoms with Crippen molar-refractivity contribution in [3.05, 3.63) is 28.3 Å². The van der Waals surface area contributed by atoms with Crippen LogP contribution in [-0.2, 0) is 0 Å². The molecule has 0 radical (unpaired) electrons. The number of rotatable bonds is 5. The van der Waals surface area contributed by atoms with Crippen LogP contribution in [0.2, 0.25) is 5.02 Å². The molecule has 0 heterocycles. The lowest BCUT2D eigenvalue weighted by molar-refractivity contribution is 0.328. The Kier molecular flexibility index (Phi) is 5.29. The van der Waals surface area contributed by atoms with E-state index < -0.39 is 0 Å². The van der Waals surface area contributed by atoms with Crippen LogP contribution in [0, 0.1) is 0 Å². The second kappa shape index (κ2) is 6.27. The van der Waals surface area contributed by atoms with Gasteiger partial charge in [-0.3, -0.25) is 0 Å². The summed E-state index contributed by atoms with van der Waals surface area (Å²) < 4.78 is 5.77. The minimum Gasteiger partial charge on any atom is -0.493 e. The number of halogens is 1. The third-order valence-corrected chi connectivity index (χ3v) is 3.08. The van der Waals surface area contributed by atoms with E-state index in [0.29, 0.717) is 12.5 Å². The average Bonchev–Trinajstić information content (AvgIpc) is 2.29. The van der Waals surface area contributed by atoms with Crippen molar-refractivity contribution >= 4 is 11.6 Å². The molecule has 0 aliphatic carbocycles. The summed E-state index contributed by atoms with van der Waals surface area (Å²) in [4.78, 5) is 0. The number of nitrogens with two attached hydrogens (primary N) is 1. The molecule has 0 bridgehead atoms. The van der Waals surface area contributed by atoms with E-state index in [0.717, 1.165) is 28.3 Å². The first-order chi connectivity index (χ1) is 8.01. The molecule has 17 heavy (non-hydrogen) atoms. The summed E-state index contributed by atoms with van der Waals surface area (Å²) in [5.41, 5.74) is 8.28. The van der Waals surface area contributed by atoms with Crippen LogP contribution in [0.5, 0.6) is 5.75 Å². The normalized spacial score (nSPS) is 12.9. The number of benzene rings is 1. The Morgan fingerprint density at radius 2 is 1.82 bits per heavy atom. The summed E-state index contributed by atoms with van der Waals surface area (Å²) in [7, 11) is 0. The minimum atomic E-state index is -0.0206. The lowest BCUT2D eigenvalue weighted by Crippen LogP contribution is -2.12. The Balaban J connectivity index is 3.34. The van der Waals surface area contributed by atoms with Gasteiger partial charge in [0.25, 0.3) is 0 Å². The second-order valence-corrected chi connectivity index (χ2v) is 4.95. The Bertz CT molecular complexity index is 377. The SMILES string of the molecule is CCOc1c(C(C)C)cc(Cl)cc1C(N)CC. The Labute approximate surface area is 109 Å². The molecule has 1 atom stereocenters. The maximum Gasteiger partial charge on any atom is 0.127 e. The molecule has 3 heteroatoms. The van der Waals surface area contributed by atoms with E-state index in [4.69, 9.17) is 22.1 Å². The Morgan fingerprint density at radius 1 is 1.24 bits per heavy atom. The van der Waals surface area contributed by atoms with E-state index in [9.17, 15) is 0 Å². The van der Waals surface area contributed by atoms with Crippen molar-refractivity contribution in [2.75, 3.05) is 6.61 Å². The van der Waals surface area contributed by atoms with E-state index in [1.807, 2.05) is 19.1 Å². The van der Waals surface area contributed by atoms with Crippen LogP contribution >= 0.6 is 11.6 Å². The van der Waals surface area contributed by atoms with Crippen LogP contribution in [0.4, 0.5) is 0 Å². The van der Waals surface area contributed by atoms with Gasteiger partial charge in [-0.2, -0.15) is 0 Å². The van der Waals surface area contributed by atoms with Gasteiger partial charge in [0.05, 0.1) is 6.61 Å². The van der Waals surface area contributed by atoms with Gasteiger partial charge < -0.3 is 10.5 Å². The van der Waals surface area contributed by atoms with E-state index in [1.165, 1.54) is 0 Å². The van der Waals surface area contributed by atoms with Crippen LogP contribution in [0.3, 0.4) is 0 Å². The van der Waals surface area contributed by atoms with Crippen molar-refractivity contribution in [2.24, 2.45) is 5.73 Å². The van der Waals surface area contributed by atoms with Crippen molar-refractivity contribution < 1.29 is 4.74 Å². The summed E-state index contributed by atoms with van der Waals surface area (Å²) in [6, 6.07) is 3.88. The summed E-state index contributed by atoms with van der Waals surface area (Å²) in [5.74, 6) is 1.29. The molecular formula is C14H22ClNO. The molecular weight excluding hydrogens is 234 g/mol. The van der Waals surface area contributed by atoms with Crippen molar-refractivity contribution in [3.63, 3.8) is 0 Å². The zero-order chi connectivity index (χ0) is 13.0. The average molecular weight is 256 g/mol. The minimum absolute atomic E-state index is 0.0206. The molecule has 0 saturated carbocycles. The molecule has 0 fully saturated rings. The first kappa shape index (κ1) is 14.3.